The molecule has 1 aromatic heterocycles. The zero-order chi connectivity index (χ0) is 17.4. The van der Waals surface area contributed by atoms with Crippen molar-refractivity contribution in [1.82, 2.24) is 20.0 Å². The molecule has 8 heteroatoms. The first kappa shape index (κ1) is 15.8. The first-order valence-electron chi connectivity index (χ1n) is 8.24. The predicted octanol–water partition coefficient (Wildman–Crippen LogP) is 0.117. The van der Waals surface area contributed by atoms with Crippen molar-refractivity contribution in [2.24, 2.45) is 7.05 Å². The Hall–Kier alpha value is -2.74. The second-order valence-corrected chi connectivity index (χ2v) is 6.35. The molecule has 132 valence electrons. The fraction of sp³-hybridized carbons (Fsp3) is 0.412. The van der Waals surface area contributed by atoms with Crippen molar-refractivity contribution >= 4 is 5.91 Å². The Morgan fingerprint density at radius 1 is 1.32 bits per heavy atom. The number of carbonyl (C=O) groups excluding carboxylic acids is 1. The zero-order valence-corrected chi connectivity index (χ0v) is 14.0. The highest BCUT2D eigenvalue weighted by Gasteiger charge is 2.23. The third kappa shape index (κ3) is 3.12. The SMILES string of the molecule is Cn1[nH]c(=O)c2c1CN(CC(=O)NCc1ccc3c(c1)OCO3)CC2. The van der Waals surface area contributed by atoms with Crippen molar-refractivity contribution in [3.8, 4) is 11.5 Å². The topological polar surface area (TPSA) is 88.6 Å². The summed E-state index contributed by atoms with van der Waals surface area (Å²) in [5.41, 5.74) is 2.73. The van der Waals surface area contributed by atoms with Crippen LogP contribution in [0, 0.1) is 0 Å². The first-order valence-corrected chi connectivity index (χ1v) is 8.24. The van der Waals surface area contributed by atoms with Crippen LogP contribution < -0.4 is 20.3 Å². The zero-order valence-electron chi connectivity index (χ0n) is 14.0. The number of aromatic nitrogens is 2. The van der Waals surface area contributed by atoms with E-state index in [4.69, 9.17) is 9.47 Å². The van der Waals surface area contributed by atoms with Gasteiger partial charge in [0, 0.05) is 32.2 Å². The number of ether oxygens (including phenoxy) is 2. The van der Waals surface area contributed by atoms with E-state index in [-0.39, 0.29) is 18.3 Å². The molecule has 0 unspecified atom stereocenters. The van der Waals surface area contributed by atoms with Gasteiger partial charge in [0.1, 0.15) is 0 Å². The largest absolute Gasteiger partial charge is 0.454 e. The molecular formula is C17H20N4O4. The van der Waals surface area contributed by atoms with Crippen LogP contribution in [0.1, 0.15) is 16.8 Å². The molecule has 0 radical (unpaired) electrons. The second kappa shape index (κ2) is 6.29. The Morgan fingerprint density at radius 2 is 2.16 bits per heavy atom. The summed E-state index contributed by atoms with van der Waals surface area (Å²) < 4.78 is 12.4. The number of aryl methyl sites for hydroxylation is 1. The monoisotopic (exact) mass is 344 g/mol. The minimum Gasteiger partial charge on any atom is -0.454 e. The number of nitrogens with one attached hydrogen (secondary N) is 2. The van der Waals surface area contributed by atoms with Gasteiger partial charge in [0.25, 0.3) is 5.56 Å². The van der Waals surface area contributed by atoms with Crippen molar-refractivity contribution in [1.29, 1.82) is 0 Å². The molecule has 0 saturated heterocycles. The van der Waals surface area contributed by atoms with E-state index in [9.17, 15) is 9.59 Å². The fourth-order valence-corrected chi connectivity index (χ4v) is 3.29. The van der Waals surface area contributed by atoms with Gasteiger partial charge in [-0.1, -0.05) is 6.07 Å². The number of carbonyl (C=O) groups is 1. The predicted molar refractivity (Wildman–Crippen MR) is 89.4 cm³/mol. The molecule has 0 fully saturated rings. The Balaban J connectivity index is 1.32. The maximum atomic E-state index is 12.2. The lowest BCUT2D eigenvalue weighted by Crippen LogP contribution is -2.40. The summed E-state index contributed by atoms with van der Waals surface area (Å²) >= 11 is 0. The minimum atomic E-state index is -0.0401. The number of amides is 1. The van der Waals surface area contributed by atoms with Gasteiger partial charge in [-0.15, -0.1) is 0 Å². The van der Waals surface area contributed by atoms with Gasteiger partial charge in [-0.05, 0) is 24.1 Å². The van der Waals surface area contributed by atoms with Gasteiger partial charge in [0.15, 0.2) is 11.5 Å². The van der Waals surface area contributed by atoms with Gasteiger partial charge in [0.05, 0.1) is 12.2 Å². The van der Waals surface area contributed by atoms with Gasteiger partial charge >= 0.3 is 0 Å². The van der Waals surface area contributed by atoms with E-state index in [0.717, 1.165) is 22.6 Å². The standard InChI is InChI=1S/C17H20N4O4/c1-20-13-8-21(5-4-12(13)17(23)19-20)9-16(22)18-7-11-2-3-14-15(6-11)25-10-24-14/h2-3,6H,4-5,7-10H2,1H3,(H,18,22)(H,19,23). The average molecular weight is 344 g/mol. The smallest absolute Gasteiger partial charge is 0.267 e. The molecule has 25 heavy (non-hydrogen) atoms. The Kier molecular flexibility index (Phi) is 3.96. The third-order valence-electron chi connectivity index (χ3n) is 4.64. The Labute approximate surface area is 144 Å². The summed E-state index contributed by atoms with van der Waals surface area (Å²) in [6, 6.07) is 5.64. The van der Waals surface area contributed by atoms with Crippen LogP contribution in [0.5, 0.6) is 11.5 Å². The van der Waals surface area contributed by atoms with Crippen LogP contribution in [-0.2, 0) is 31.4 Å². The quantitative estimate of drug-likeness (QED) is 0.822. The molecular weight excluding hydrogens is 324 g/mol. The Morgan fingerprint density at radius 3 is 3.04 bits per heavy atom. The van der Waals surface area contributed by atoms with Gasteiger partial charge in [-0.2, -0.15) is 0 Å². The van der Waals surface area contributed by atoms with E-state index in [2.05, 4.69) is 10.4 Å². The summed E-state index contributed by atoms with van der Waals surface area (Å²) in [7, 11) is 1.82. The van der Waals surface area contributed by atoms with Crippen LogP contribution in [0.4, 0.5) is 0 Å². The molecule has 0 spiro atoms. The highest BCUT2D eigenvalue weighted by Crippen LogP contribution is 2.32. The van der Waals surface area contributed by atoms with Crippen molar-refractivity contribution in [3.63, 3.8) is 0 Å². The van der Waals surface area contributed by atoms with Crippen LogP contribution in [0.3, 0.4) is 0 Å². The molecule has 2 aliphatic heterocycles. The fourth-order valence-electron chi connectivity index (χ4n) is 3.29. The number of aromatic amines is 1. The van der Waals surface area contributed by atoms with Gasteiger partial charge < -0.3 is 14.8 Å². The van der Waals surface area contributed by atoms with Gasteiger partial charge in [0.2, 0.25) is 12.7 Å². The highest BCUT2D eigenvalue weighted by molar-refractivity contribution is 5.78. The molecule has 0 bridgehead atoms. The number of H-pyrrole nitrogens is 1. The maximum Gasteiger partial charge on any atom is 0.267 e. The van der Waals surface area contributed by atoms with Crippen LogP contribution in [0.15, 0.2) is 23.0 Å². The summed E-state index contributed by atoms with van der Waals surface area (Å²) in [5.74, 6) is 1.40. The number of nitrogens with zero attached hydrogens (tertiary/aromatic N) is 2. The van der Waals surface area contributed by atoms with Crippen molar-refractivity contribution < 1.29 is 14.3 Å². The molecule has 0 saturated carbocycles. The van der Waals surface area contributed by atoms with E-state index in [0.29, 0.717) is 38.3 Å². The van der Waals surface area contributed by atoms with E-state index in [1.807, 2.05) is 30.1 Å². The minimum absolute atomic E-state index is 0.0237. The highest BCUT2D eigenvalue weighted by atomic mass is 16.7. The van der Waals surface area contributed by atoms with Crippen molar-refractivity contribution in [3.05, 3.63) is 45.4 Å². The average Bonchev–Trinajstić information content (AvgIpc) is 3.17. The molecule has 0 aliphatic carbocycles. The lowest BCUT2D eigenvalue weighted by Gasteiger charge is -2.26. The summed E-state index contributed by atoms with van der Waals surface area (Å²) in [5, 5.41) is 5.70. The Bertz CT molecular complexity index is 870. The molecule has 8 nitrogen and oxygen atoms in total. The molecule has 0 atom stereocenters. The lowest BCUT2D eigenvalue weighted by molar-refractivity contribution is -0.122. The van der Waals surface area contributed by atoms with E-state index in [1.54, 1.807) is 4.68 Å². The van der Waals surface area contributed by atoms with Gasteiger partial charge in [-0.3, -0.25) is 24.3 Å². The second-order valence-electron chi connectivity index (χ2n) is 6.35. The molecule has 2 aliphatic rings. The normalized spacial score (nSPS) is 15.9. The summed E-state index contributed by atoms with van der Waals surface area (Å²) in [6.45, 7) is 2.30. The number of benzene rings is 1. The molecule has 2 N–H and O–H groups in total. The third-order valence-corrected chi connectivity index (χ3v) is 4.64. The lowest BCUT2D eigenvalue weighted by atomic mass is 10.1. The van der Waals surface area contributed by atoms with Crippen LogP contribution in [0.25, 0.3) is 0 Å². The number of hydrogen-bond donors (Lipinski definition) is 2. The van der Waals surface area contributed by atoms with Crippen molar-refractivity contribution in [2.75, 3.05) is 19.9 Å². The molecule has 1 aromatic carbocycles. The van der Waals surface area contributed by atoms with E-state index in [1.165, 1.54) is 0 Å². The summed E-state index contributed by atoms with van der Waals surface area (Å²) in [6.07, 6.45) is 0.668. The van der Waals surface area contributed by atoms with Crippen molar-refractivity contribution in [2.45, 2.75) is 19.5 Å². The molecule has 2 aromatic rings. The van der Waals surface area contributed by atoms with Crippen LogP contribution in [-0.4, -0.2) is 40.5 Å². The van der Waals surface area contributed by atoms with E-state index < -0.39 is 0 Å². The van der Waals surface area contributed by atoms with E-state index >= 15 is 0 Å². The molecule has 1 amide bonds. The molecule has 3 heterocycles. The maximum absolute atomic E-state index is 12.2. The summed E-state index contributed by atoms with van der Waals surface area (Å²) in [4.78, 5) is 26.0. The van der Waals surface area contributed by atoms with Crippen LogP contribution in [0.2, 0.25) is 0 Å². The molecule has 4 rings (SSSR count). The first-order chi connectivity index (χ1) is 12.1. The number of rotatable bonds is 4. The number of hydrogen-bond acceptors (Lipinski definition) is 5. The van der Waals surface area contributed by atoms with Gasteiger partial charge in [-0.25, -0.2) is 0 Å². The number of fused-ring (bicyclic) bond motifs is 2. The van der Waals surface area contributed by atoms with Crippen LogP contribution >= 0.6 is 0 Å².